The highest BCUT2D eigenvalue weighted by molar-refractivity contribution is 5.92. The van der Waals surface area contributed by atoms with Gasteiger partial charge in [-0.15, -0.1) is 0 Å². The minimum atomic E-state index is -4.46. The van der Waals surface area contributed by atoms with Gasteiger partial charge in [-0.25, -0.2) is 4.39 Å². The zero-order chi connectivity index (χ0) is 23.6. The number of piperidine rings is 1. The topological polar surface area (TPSA) is 71.3 Å². The number of carbonyl (C=O) groups is 1. The van der Waals surface area contributed by atoms with Crippen LogP contribution in [0.3, 0.4) is 0 Å². The molecule has 174 valence electrons. The number of carbonyl (C=O) groups excluding carboxylic acids is 1. The smallest absolute Gasteiger partial charge is 0.334 e. The Hall–Kier alpha value is -3.27. The molecule has 0 bridgehead atoms. The number of alkyl halides is 3. The van der Waals surface area contributed by atoms with E-state index in [4.69, 9.17) is 4.52 Å². The molecule has 3 aromatic rings. The zero-order valence-electron chi connectivity index (χ0n) is 17.8. The maximum Gasteiger partial charge on any atom is 0.416 e. The molecule has 33 heavy (non-hydrogen) atoms. The van der Waals surface area contributed by atoms with Crippen LogP contribution in [0.25, 0.3) is 11.5 Å². The van der Waals surface area contributed by atoms with E-state index in [-0.39, 0.29) is 23.3 Å². The second kappa shape index (κ2) is 9.30. The van der Waals surface area contributed by atoms with Crippen LogP contribution in [0, 0.1) is 18.7 Å². The average molecular weight is 462 g/mol. The Kier molecular flexibility index (Phi) is 6.46. The molecule has 1 fully saturated rings. The Bertz CT molecular complexity index is 1140. The van der Waals surface area contributed by atoms with Gasteiger partial charge in [0, 0.05) is 17.2 Å². The number of likely N-dealkylation sites (tertiary alicyclic amines) is 1. The van der Waals surface area contributed by atoms with Crippen LogP contribution >= 0.6 is 0 Å². The van der Waals surface area contributed by atoms with E-state index >= 15 is 0 Å². The van der Waals surface area contributed by atoms with E-state index in [0.717, 1.165) is 12.1 Å². The summed E-state index contributed by atoms with van der Waals surface area (Å²) in [6, 6.07) is 8.94. The minimum Gasteiger partial charge on any atom is -0.334 e. The molecule has 0 unspecified atom stereocenters. The Morgan fingerprint density at radius 3 is 2.64 bits per heavy atom. The van der Waals surface area contributed by atoms with Gasteiger partial charge >= 0.3 is 6.18 Å². The van der Waals surface area contributed by atoms with Gasteiger partial charge in [0.2, 0.25) is 5.91 Å². The van der Waals surface area contributed by atoms with Crippen molar-refractivity contribution in [1.82, 2.24) is 15.0 Å². The molecule has 6 nitrogen and oxygen atoms in total. The first-order valence-corrected chi connectivity index (χ1v) is 10.5. The molecule has 2 heterocycles. The molecule has 1 N–H and O–H groups in total. The Labute approximate surface area is 187 Å². The number of hydrogen-bond acceptors (Lipinski definition) is 5. The van der Waals surface area contributed by atoms with Crippen molar-refractivity contribution in [2.75, 3.05) is 18.4 Å². The quantitative estimate of drug-likeness (QED) is 0.537. The maximum atomic E-state index is 13.3. The molecular formula is C23H22F4N4O2. The van der Waals surface area contributed by atoms with Crippen molar-refractivity contribution in [3.63, 3.8) is 0 Å². The van der Waals surface area contributed by atoms with Crippen molar-refractivity contribution in [3.05, 3.63) is 65.2 Å². The van der Waals surface area contributed by atoms with E-state index in [9.17, 15) is 22.4 Å². The van der Waals surface area contributed by atoms with Crippen molar-refractivity contribution < 1.29 is 26.9 Å². The molecule has 0 atom stereocenters. The van der Waals surface area contributed by atoms with Crippen LogP contribution in [0.1, 0.15) is 29.8 Å². The first-order chi connectivity index (χ1) is 15.7. The van der Waals surface area contributed by atoms with E-state index < -0.39 is 11.7 Å². The van der Waals surface area contributed by atoms with Gasteiger partial charge in [0.1, 0.15) is 5.82 Å². The lowest BCUT2D eigenvalue weighted by Gasteiger charge is -2.30. The highest BCUT2D eigenvalue weighted by Crippen LogP contribution is 2.31. The average Bonchev–Trinajstić information content (AvgIpc) is 3.22. The van der Waals surface area contributed by atoms with Gasteiger partial charge in [0.25, 0.3) is 5.89 Å². The third-order valence-electron chi connectivity index (χ3n) is 5.67. The highest BCUT2D eigenvalue weighted by atomic mass is 19.4. The van der Waals surface area contributed by atoms with Crippen molar-refractivity contribution in [2.24, 2.45) is 5.92 Å². The molecule has 1 aliphatic rings. The van der Waals surface area contributed by atoms with E-state index in [1.54, 1.807) is 13.0 Å². The fraction of sp³-hybridized carbons (Fsp3) is 0.348. The first kappa shape index (κ1) is 22.9. The van der Waals surface area contributed by atoms with Gasteiger partial charge < -0.3 is 9.84 Å². The molecule has 1 aliphatic heterocycles. The number of nitrogens with one attached hydrogen (secondary N) is 1. The molecule has 1 amide bonds. The van der Waals surface area contributed by atoms with Gasteiger partial charge in [-0.1, -0.05) is 11.2 Å². The standard InChI is InChI=1S/C23H22F4N4O2/c1-14-11-17(24)5-6-19(14)22-29-20(30-33-22)13-31-9-7-15(8-10-31)21(32)28-18-4-2-3-16(12-18)23(25,26)27/h2-6,11-12,15H,7-10,13H2,1H3,(H,28,32). The van der Waals surface area contributed by atoms with Crippen LogP contribution in [0.15, 0.2) is 47.0 Å². The summed E-state index contributed by atoms with van der Waals surface area (Å²) < 4.78 is 57.2. The lowest BCUT2D eigenvalue weighted by atomic mass is 9.95. The number of amides is 1. The Morgan fingerprint density at radius 1 is 1.18 bits per heavy atom. The van der Waals surface area contributed by atoms with Crippen LogP contribution in [0.5, 0.6) is 0 Å². The third-order valence-corrected chi connectivity index (χ3v) is 5.67. The van der Waals surface area contributed by atoms with Crippen molar-refractivity contribution >= 4 is 11.6 Å². The summed E-state index contributed by atoms with van der Waals surface area (Å²) in [5, 5.41) is 6.59. The lowest BCUT2D eigenvalue weighted by Crippen LogP contribution is -2.38. The lowest BCUT2D eigenvalue weighted by molar-refractivity contribution is -0.137. The maximum absolute atomic E-state index is 13.3. The summed E-state index contributed by atoms with van der Waals surface area (Å²) >= 11 is 0. The van der Waals surface area contributed by atoms with Gasteiger partial charge in [0.05, 0.1) is 12.1 Å². The molecule has 0 saturated carbocycles. The number of halogens is 4. The van der Waals surface area contributed by atoms with Crippen LogP contribution in [0.2, 0.25) is 0 Å². The number of rotatable bonds is 5. The third kappa shape index (κ3) is 5.57. The van der Waals surface area contributed by atoms with Crippen molar-refractivity contribution in [2.45, 2.75) is 32.5 Å². The Balaban J connectivity index is 1.30. The van der Waals surface area contributed by atoms with E-state index in [2.05, 4.69) is 20.4 Å². The van der Waals surface area contributed by atoms with Crippen LogP contribution < -0.4 is 5.32 Å². The zero-order valence-corrected chi connectivity index (χ0v) is 17.8. The summed E-state index contributed by atoms with van der Waals surface area (Å²) in [7, 11) is 0. The predicted molar refractivity (Wildman–Crippen MR) is 113 cm³/mol. The number of hydrogen-bond donors (Lipinski definition) is 1. The summed E-state index contributed by atoms with van der Waals surface area (Å²) in [4.78, 5) is 19.0. The summed E-state index contributed by atoms with van der Waals surface area (Å²) in [6.45, 7) is 3.42. The second-order valence-corrected chi connectivity index (χ2v) is 8.09. The number of aryl methyl sites for hydroxylation is 1. The molecular weight excluding hydrogens is 440 g/mol. The molecule has 0 spiro atoms. The molecule has 2 aromatic carbocycles. The number of aromatic nitrogens is 2. The fourth-order valence-electron chi connectivity index (χ4n) is 3.87. The Morgan fingerprint density at radius 2 is 1.94 bits per heavy atom. The fourth-order valence-corrected chi connectivity index (χ4v) is 3.87. The normalized spacial score (nSPS) is 15.5. The van der Waals surface area contributed by atoms with Crippen molar-refractivity contribution in [3.8, 4) is 11.5 Å². The van der Waals surface area contributed by atoms with E-state index in [1.807, 2.05) is 0 Å². The molecule has 1 aromatic heterocycles. The first-order valence-electron chi connectivity index (χ1n) is 10.5. The molecule has 0 aliphatic carbocycles. The summed E-state index contributed by atoms with van der Waals surface area (Å²) in [5.41, 5.74) is 0.691. The number of benzene rings is 2. The molecule has 0 radical (unpaired) electrons. The number of anilines is 1. The van der Waals surface area contributed by atoms with Gasteiger partial charge in [-0.05, 0) is 74.8 Å². The summed E-state index contributed by atoms with van der Waals surface area (Å²) in [5.74, 6) is -0.115. The predicted octanol–water partition coefficient (Wildman–Crippen LogP) is 5.05. The van der Waals surface area contributed by atoms with Gasteiger partial charge in [0.15, 0.2) is 5.82 Å². The number of nitrogens with zero attached hydrogens (tertiary/aromatic N) is 3. The van der Waals surface area contributed by atoms with Crippen LogP contribution in [-0.2, 0) is 17.5 Å². The second-order valence-electron chi connectivity index (χ2n) is 8.09. The van der Waals surface area contributed by atoms with Gasteiger partial charge in [-0.2, -0.15) is 18.2 Å². The van der Waals surface area contributed by atoms with Gasteiger partial charge in [-0.3, -0.25) is 9.69 Å². The molecule has 1 saturated heterocycles. The van der Waals surface area contributed by atoms with Crippen LogP contribution in [-0.4, -0.2) is 34.0 Å². The monoisotopic (exact) mass is 462 g/mol. The van der Waals surface area contributed by atoms with Crippen LogP contribution in [0.4, 0.5) is 23.2 Å². The van der Waals surface area contributed by atoms with E-state index in [1.165, 1.54) is 24.3 Å². The molecule has 4 rings (SSSR count). The minimum absolute atomic E-state index is 0.132. The van der Waals surface area contributed by atoms with E-state index in [0.29, 0.717) is 55.3 Å². The highest BCUT2D eigenvalue weighted by Gasteiger charge is 2.31. The summed E-state index contributed by atoms with van der Waals surface area (Å²) in [6.07, 6.45) is -3.34. The van der Waals surface area contributed by atoms with Crippen molar-refractivity contribution in [1.29, 1.82) is 0 Å². The SMILES string of the molecule is Cc1cc(F)ccc1-c1nc(CN2CCC(C(=O)Nc3cccc(C(F)(F)F)c3)CC2)no1. The largest absolute Gasteiger partial charge is 0.416 e. The molecule has 10 heteroatoms.